The van der Waals surface area contributed by atoms with Crippen molar-refractivity contribution in [3.8, 4) is 29.1 Å². The number of methoxy groups -OCH3 is 3. The summed E-state index contributed by atoms with van der Waals surface area (Å²) >= 11 is 0. The van der Waals surface area contributed by atoms with Crippen LogP contribution in [0.15, 0.2) is 84.9 Å². The first-order valence-corrected chi connectivity index (χ1v) is 14.9. The van der Waals surface area contributed by atoms with Crippen LogP contribution < -0.4 is 14.2 Å². The molecule has 1 unspecified atom stereocenters. The lowest BCUT2D eigenvalue weighted by Crippen LogP contribution is -2.36. The van der Waals surface area contributed by atoms with Gasteiger partial charge in [0, 0.05) is 13.0 Å². The topological polar surface area (TPSA) is 70.1 Å². The maximum Gasteiger partial charge on any atom is 0.360 e. The average molecular weight is 591 g/mol. The summed E-state index contributed by atoms with van der Waals surface area (Å²) < 4.78 is 22.0. The van der Waals surface area contributed by atoms with Crippen LogP contribution in [0.4, 0.5) is 0 Å². The first-order valence-electron chi connectivity index (χ1n) is 14.9. The molecule has 1 atom stereocenters. The minimum absolute atomic E-state index is 0.127. The number of ether oxygens (including phenoxy) is 4. The van der Waals surface area contributed by atoms with Gasteiger partial charge in [0.15, 0.2) is 22.9 Å². The number of hydrogen-bond donors (Lipinski definition) is 0. The van der Waals surface area contributed by atoms with Crippen LogP contribution in [-0.4, -0.2) is 50.3 Å². The number of benzene rings is 3. The number of unbranched alkanes of at least 4 members (excludes halogenated alkanes) is 2. The normalized spacial score (nSPS) is 14.1. The summed E-state index contributed by atoms with van der Waals surface area (Å²) in [5.74, 6) is 7.69. The smallest absolute Gasteiger partial charge is 0.360 e. The van der Waals surface area contributed by atoms with Gasteiger partial charge in [0.25, 0.3) is 0 Å². The molecule has 0 saturated heterocycles. The van der Waals surface area contributed by atoms with Gasteiger partial charge in [-0.15, -0.1) is 0 Å². The number of carbonyl (C=O) groups excluding carboxylic acids is 1. The number of esters is 1. The van der Waals surface area contributed by atoms with Gasteiger partial charge in [0.1, 0.15) is 12.3 Å². The molecule has 1 aliphatic rings. The van der Waals surface area contributed by atoms with Gasteiger partial charge in [-0.05, 0) is 78.2 Å². The van der Waals surface area contributed by atoms with Crippen LogP contribution in [0.5, 0.6) is 17.2 Å². The highest BCUT2D eigenvalue weighted by atomic mass is 16.5. The Bertz CT molecular complexity index is 1610. The number of nitrogens with zero attached hydrogens (tertiary/aromatic N) is 2. The van der Waals surface area contributed by atoms with Crippen molar-refractivity contribution in [3.05, 3.63) is 119 Å². The van der Waals surface area contributed by atoms with Crippen molar-refractivity contribution in [2.75, 3.05) is 34.4 Å². The molecule has 0 amide bonds. The molecule has 5 rings (SSSR count). The van der Waals surface area contributed by atoms with Crippen molar-refractivity contribution in [1.29, 1.82) is 0 Å². The third-order valence-electron chi connectivity index (χ3n) is 7.78. The fourth-order valence-corrected chi connectivity index (χ4v) is 5.56. The fraction of sp³-hybridized carbons (Fsp3) is 0.297. The Morgan fingerprint density at radius 2 is 1.61 bits per heavy atom. The number of pyridine rings is 1. The van der Waals surface area contributed by atoms with Gasteiger partial charge in [-0.2, -0.15) is 0 Å². The SMILES string of the molecule is COC(=O)c1nc(C#CCCCCN2CCc3cc(OC)c(OC)cc3C2c2ccccc2)ccc1OCc1ccccc1. The number of aromatic nitrogens is 1. The molecule has 44 heavy (non-hydrogen) atoms. The zero-order valence-corrected chi connectivity index (χ0v) is 25.5. The lowest BCUT2D eigenvalue weighted by atomic mass is 9.87. The zero-order valence-electron chi connectivity index (χ0n) is 25.5. The molecule has 0 N–H and O–H groups in total. The molecule has 0 saturated carbocycles. The standard InChI is InChI=1S/C37H38N2O5/c1-41-33-24-29-21-23-39(36(28-16-10-7-11-17-28)31(29)25-34(33)42-2)22-13-5-4-12-18-30-19-20-32(35(38-30)37(40)43-3)44-26-27-14-8-6-9-15-27/h6-11,14-17,19-20,24-25,36H,4-5,13,21-23,26H2,1-3H3. The highest BCUT2D eigenvalue weighted by molar-refractivity contribution is 5.90. The van der Waals surface area contributed by atoms with Gasteiger partial charge >= 0.3 is 5.97 Å². The Labute approximate surface area is 259 Å². The first-order chi connectivity index (χ1) is 21.6. The summed E-state index contributed by atoms with van der Waals surface area (Å²) in [6.45, 7) is 2.24. The van der Waals surface area contributed by atoms with Crippen LogP contribution in [0.1, 0.15) is 63.7 Å². The number of carbonyl (C=O) groups is 1. The largest absolute Gasteiger partial charge is 0.493 e. The van der Waals surface area contributed by atoms with Gasteiger partial charge in [0.05, 0.1) is 27.4 Å². The Morgan fingerprint density at radius 1 is 0.886 bits per heavy atom. The molecule has 3 aromatic carbocycles. The monoisotopic (exact) mass is 590 g/mol. The minimum Gasteiger partial charge on any atom is -0.493 e. The van der Waals surface area contributed by atoms with E-state index in [4.69, 9.17) is 18.9 Å². The highest BCUT2D eigenvalue weighted by Crippen LogP contribution is 2.41. The van der Waals surface area contributed by atoms with Crippen molar-refractivity contribution in [3.63, 3.8) is 0 Å². The third kappa shape index (κ3) is 7.39. The third-order valence-corrected chi connectivity index (χ3v) is 7.78. The Hall–Kier alpha value is -4.80. The lowest BCUT2D eigenvalue weighted by Gasteiger charge is -2.38. The lowest BCUT2D eigenvalue weighted by molar-refractivity contribution is 0.0588. The van der Waals surface area contributed by atoms with Crippen LogP contribution >= 0.6 is 0 Å². The summed E-state index contributed by atoms with van der Waals surface area (Å²) in [4.78, 5) is 19.4. The average Bonchev–Trinajstić information content (AvgIpc) is 3.08. The number of fused-ring (bicyclic) bond motifs is 1. The van der Waals surface area contributed by atoms with E-state index in [1.165, 1.54) is 23.8 Å². The van der Waals surface area contributed by atoms with Crippen molar-refractivity contribution in [2.45, 2.75) is 38.3 Å². The number of hydrogen-bond acceptors (Lipinski definition) is 7. The Morgan fingerprint density at radius 3 is 2.34 bits per heavy atom. The molecular formula is C37H38N2O5. The van der Waals surface area contributed by atoms with E-state index >= 15 is 0 Å². The fourth-order valence-electron chi connectivity index (χ4n) is 5.56. The molecule has 7 nitrogen and oxygen atoms in total. The van der Waals surface area contributed by atoms with E-state index in [0.29, 0.717) is 18.1 Å². The minimum atomic E-state index is -0.552. The van der Waals surface area contributed by atoms with E-state index in [-0.39, 0.29) is 11.7 Å². The molecular weight excluding hydrogens is 552 g/mol. The molecule has 1 aromatic heterocycles. The van der Waals surface area contributed by atoms with Crippen LogP contribution in [0, 0.1) is 11.8 Å². The molecule has 226 valence electrons. The van der Waals surface area contributed by atoms with Crippen LogP contribution in [0.3, 0.4) is 0 Å². The van der Waals surface area contributed by atoms with Crippen molar-refractivity contribution >= 4 is 5.97 Å². The summed E-state index contributed by atoms with van der Waals surface area (Å²) in [6.07, 6.45) is 3.64. The molecule has 7 heteroatoms. The van der Waals surface area contributed by atoms with Crippen molar-refractivity contribution < 1.29 is 23.7 Å². The van der Waals surface area contributed by atoms with E-state index in [2.05, 4.69) is 64.2 Å². The predicted molar refractivity (Wildman–Crippen MR) is 170 cm³/mol. The number of rotatable bonds is 11. The van der Waals surface area contributed by atoms with Crippen molar-refractivity contribution in [2.24, 2.45) is 0 Å². The van der Waals surface area contributed by atoms with Gasteiger partial charge in [-0.3, -0.25) is 4.90 Å². The van der Waals surface area contributed by atoms with E-state index in [1.807, 2.05) is 30.3 Å². The van der Waals surface area contributed by atoms with E-state index < -0.39 is 5.97 Å². The van der Waals surface area contributed by atoms with Gasteiger partial charge in [-0.25, -0.2) is 9.78 Å². The van der Waals surface area contributed by atoms with E-state index in [1.54, 1.807) is 26.4 Å². The van der Waals surface area contributed by atoms with Crippen LogP contribution in [0.25, 0.3) is 0 Å². The summed E-state index contributed by atoms with van der Waals surface area (Å²) in [5.41, 5.74) is 5.47. The summed E-state index contributed by atoms with van der Waals surface area (Å²) in [6, 6.07) is 28.3. The zero-order chi connectivity index (χ0) is 30.7. The molecule has 0 spiro atoms. The highest BCUT2D eigenvalue weighted by Gasteiger charge is 2.30. The molecule has 0 aliphatic carbocycles. The van der Waals surface area contributed by atoms with Crippen LogP contribution in [0.2, 0.25) is 0 Å². The molecule has 0 bridgehead atoms. The Kier molecular flexibility index (Phi) is 10.5. The second-order valence-corrected chi connectivity index (χ2v) is 10.6. The van der Waals surface area contributed by atoms with Gasteiger partial charge in [-0.1, -0.05) is 66.6 Å². The maximum atomic E-state index is 12.4. The summed E-state index contributed by atoms with van der Waals surface area (Å²) in [7, 11) is 4.70. The maximum absolute atomic E-state index is 12.4. The van der Waals surface area contributed by atoms with E-state index in [9.17, 15) is 4.79 Å². The Balaban J connectivity index is 1.22. The predicted octanol–water partition coefficient (Wildman–Crippen LogP) is 6.63. The first kappa shape index (κ1) is 30.7. The van der Waals surface area contributed by atoms with Gasteiger partial charge < -0.3 is 18.9 Å². The quantitative estimate of drug-likeness (QED) is 0.110. The summed E-state index contributed by atoms with van der Waals surface area (Å²) in [5, 5.41) is 0. The van der Waals surface area contributed by atoms with E-state index in [0.717, 1.165) is 55.8 Å². The molecule has 4 aromatic rings. The van der Waals surface area contributed by atoms with Crippen molar-refractivity contribution in [1.82, 2.24) is 9.88 Å². The molecule has 2 heterocycles. The molecule has 0 fully saturated rings. The second-order valence-electron chi connectivity index (χ2n) is 10.6. The second kappa shape index (κ2) is 15.1. The molecule has 1 aliphatic heterocycles. The van der Waals surface area contributed by atoms with Gasteiger partial charge in [0.2, 0.25) is 0 Å². The van der Waals surface area contributed by atoms with Crippen LogP contribution in [-0.2, 0) is 17.8 Å². The molecule has 0 radical (unpaired) electrons.